The van der Waals surface area contributed by atoms with Crippen LogP contribution in [0, 0.1) is 11.3 Å². The Bertz CT molecular complexity index is 1770. The van der Waals surface area contributed by atoms with Crippen LogP contribution in [0.15, 0.2) is 82.2 Å². The lowest BCUT2D eigenvalue weighted by Gasteiger charge is -2.15. The number of nitriles is 1. The fraction of sp³-hybridized carbons (Fsp3) is 0.133. The summed E-state index contributed by atoms with van der Waals surface area (Å²) in [5, 5.41) is 12.9. The molecule has 0 radical (unpaired) electrons. The van der Waals surface area contributed by atoms with E-state index in [0.717, 1.165) is 58.1 Å². The molecule has 3 heterocycles. The Labute approximate surface area is 196 Å². The highest BCUT2D eigenvalue weighted by Gasteiger charge is 2.23. The Morgan fingerprint density at radius 3 is 2.79 bits per heavy atom. The van der Waals surface area contributed by atoms with E-state index in [-0.39, 0.29) is 0 Å². The van der Waals surface area contributed by atoms with Crippen LogP contribution in [-0.2, 0) is 6.42 Å². The summed E-state index contributed by atoms with van der Waals surface area (Å²) in [6.07, 6.45) is 10.2. The molecule has 0 unspecified atom stereocenters. The molecular weight excluding hydrogens is 418 g/mol. The van der Waals surface area contributed by atoms with Crippen LogP contribution in [0.1, 0.15) is 36.1 Å². The van der Waals surface area contributed by atoms with Crippen molar-refractivity contribution in [2.24, 2.45) is 4.99 Å². The lowest BCUT2D eigenvalue weighted by Crippen LogP contribution is -2.04. The van der Waals surface area contributed by atoms with E-state index in [9.17, 15) is 5.26 Å². The van der Waals surface area contributed by atoms with E-state index in [1.807, 2.05) is 12.1 Å². The zero-order valence-corrected chi connectivity index (χ0v) is 18.6. The first-order chi connectivity index (χ1) is 16.8. The number of fused-ring (bicyclic) bond motifs is 7. The molecule has 3 aromatic carbocycles. The van der Waals surface area contributed by atoms with Gasteiger partial charge in [0.2, 0.25) is 0 Å². The molecule has 0 spiro atoms. The van der Waals surface area contributed by atoms with Gasteiger partial charge in [0.05, 0.1) is 16.6 Å². The van der Waals surface area contributed by atoms with Crippen LogP contribution < -0.4 is 0 Å². The van der Waals surface area contributed by atoms with Gasteiger partial charge in [0, 0.05) is 39.7 Å². The number of para-hydroxylation sites is 1. The Morgan fingerprint density at radius 2 is 1.85 bits per heavy atom. The first-order valence-electron chi connectivity index (χ1n) is 11.7. The van der Waals surface area contributed by atoms with Gasteiger partial charge < -0.3 is 8.98 Å². The zero-order chi connectivity index (χ0) is 22.6. The normalized spacial score (nSPS) is 15.4. The number of aromatic nitrogens is 1. The standard InChI is InChI=1S/C30H21N3O/c31-18-20-8-6-12-25(32-20)19-7-5-9-21(17-19)33-26-13-3-1-10-22(26)23-15-16-28-29(30(23)33)24-11-2-4-14-27(24)34-28/h1-2,4-5,7,9-12,14-17H,3,6,8,13H2. The number of rotatable bonds is 2. The molecule has 5 aromatic rings. The molecule has 2 aliphatic rings. The van der Waals surface area contributed by atoms with Crippen molar-refractivity contribution in [3.8, 4) is 11.8 Å². The molecule has 0 amide bonds. The van der Waals surface area contributed by atoms with Gasteiger partial charge in [-0.3, -0.25) is 0 Å². The minimum atomic E-state index is 0.600. The highest BCUT2D eigenvalue weighted by Crippen LogP contribution is 2.41. The van der Waals surface area contributed by atoms with Crippen molar-refractivity contribution in [3.63, 3.8) is 0 Å². The summed E-state index contributed by atoms with van der Waals surface area (Å²) < 4.78 is 8.65. The van der Waals surface area contributed by atoms with Gasteiger partial charge >= 0.3 is 0 Å². The maximum absolute atomic E-state index is 9.35. The summed E-state index contributed by atoms with van der Waals surface area (Å²) in [4.78, 5) is 4.61. The molecule has 2 aromatic heterocycles. The van der Waals surface area contributed by atoms with E-state index in [2.05, 4.69) is 82.4 Å². The second-order valence-corrected chi connectivity index (χ2v) is 8.92. The molecule has 0 atom stereocenters. The molecule has 0 fully saturated rings. The minimum absolute atomic E-state index is 0.600. The van der Waals surface area contributed by atoms with Crippen molar-refractivity contribution in [1.82, 2.24) is 4.57 Å². The first kappa shape index (κ1) is 19.1. The third kappa shape index (κ3) is 2.74. The summed E-state index contributed by atoms with van der Waals surface area (Å²) in [6, 6.07) is 23.4. The molecule has 4 heteroatoms. The number of allylic oxidation sites excluding steroid dienone is 2. The second kappa shape index (κ2) is 7.33. The van der Waals surface area contributed by atoms with Crippen LogP contribution in [0.2, 0.25) is 0 Å². The molecule has 0 saturated carbocycles. The molecule has 1 aliphatic heterocycles. The number of hydrogen-bond acceptors (Lipinski definition) is 3. The minimum Gasteiger partial charge on any atom is -0.456 e. The summed E-state index contributed by atoms with van der Waals surface area (Å²) >= 11 is 0. The lowest BCUT2D eigenvalue weighted by molar-refractivity contribution is 0.669. The van der Waals surface area contributed by atoms with Gasteiger partial charge in [0.15, 0.2) is 0 Å². The maximum Gasteiger partial charge on any atom is 0.137 e. The highest BCUT2D eigenvalue weighted by molar-refractivity contribution is 6.19. The highest BCUT2D eigenvalue weighted by atomic mass is 16.3. The van der Waals surface area contributed by atoms with Crippen LogP contribution >= 0.6 is 0 Å². The molecule has 7 rings (SSSR count). The van der Waals surface area contributed by atoms with Crippen LogP contribution in [0.25, 0.3) is 50.3 Å². The van der Waals surface area contributed by atoms with Gasteiger partial charge in [-0.25, -0.2) is 4.99 Å². The van der Waals surface area contributed by atoms with Gasteiger partial charge in [-0.1, -0.05) is 48.6 Å². The van der Waals surface area contributed by atoms with Gasteiger partial charge in [-0.15, -0.1) is 0 Å². The quantitative estimate of drug-likeness (QED) is 0.284. The van der Waals surface area contributed by atoms with E-state index >= 15 is 0 Å². The van der Waals surface area contributed by atoms with Gasteiger partial charge in [0.25, 0.3) is 0 Å². The van der Waals surface area contributed by atoms with Crippen molar-refractivity contribution < 1.29 is 4.42 Å². The van der Waals surface area contributed by atoms with Crippen molar-refractivity contribution in [2.75, 3.05) is 0 Å². The molecule has 1 aliphatic carbocycles. The van der Waals surface area contributed by atoms with E-state index < -0.39 is 0 Å². The van der Waals surface area contributed by atoms with Crippen molar-refractivity contribution >= 4 is 50.3 Å². The first-order valence-corrected chi connectivity index (χ1v) is 11.7. The average molecular weight is 440 g/mol. The second-order valence-electron chi connectivity index (χ2n) is 8.92. The van der Waals surface area contributed by atoms with Gasteiger partial charge in [-0.2, -0.15) is 5.26 Å². The van der Waals surface area contributed by atoms with E-state index in [1.165, 1.54) is 22.2 Å². The number of aliphatic imine (C=N–C) groups is 1. The molecule has 0 N–H and O–H groups in total. The third-order valence-electron chi connectivity index (χ3n) is 6.95. The summed E-state index contributed by atoms with van der Waals surface area (Å²) in [5.41, 5.74) is 9.25. The Kier molecular flexibility index (Phi) is 4.13. The fourth-order valence-corrected chi connectivity index (χ4v) is 5.46. The topological polar surface area (TPSA) is 54.2 Å². The van der Waals surface area contributed by atoms with Crippen molar-refractivity contribution in [3.05, 3.63) is 89.6 Å². The number of benzene rings is 3. The molecule has 162 valence electrons. The Morgan fingerprint density at radius 1 is 0.912 bits per heavy atom. The zero-order valence-electron chi connectivity index (χ0n) is 18.6. The maximum atomic E-state index is 9.35. The molecule has 4 nitrogen and oxygen atoms in total. The van der Waals surface area contributed by atoms with Gasteiger partial charge in [0.1, 0.15) is 22.9 Å². The monoisotopic (exact) mass is 439 g/mol. The van der Waals surface area contributed by atoms with Crippen LogP contribution in [0.3, 0.4) is 0 Å². The van der Waals surface area contributed by atoms with Crippen LogP contribution in [-0.4, -0.2) is 10.3 Å². The molecular formula is C30H21N3O. The van der Waals surface area contributed by atoms with E-state index in [0.29, 0.717) is 12.1 Å². The van der Waals surface area contributed by atoms with Crippen LogP contribution in [0.5, 0.6) is 0 Å². The van der Waals surface area contributed by atoms with Crippen LogP contribution in [0.4, 0.5) is 0 Å². The predicted molar refractivity (Wildman–Crippen MR) is 138 cm³/mol. The van der Waals surface area contributed by atoms with E-state index in [1.54, 1.807) is 0 Å². The fourth-order valence-electron chi connectivity index (χ4n) is 5.46. The molecule has 34 heavy (non-hydrogen) atoms. The Balaban J connectivity index is 1.56. The predicted octanol–water partition coefficient (Wildman–Crippen LogP) is 7.59. The average Bonchev–Trinajstić information content (AvgIpc) is 3.44. The lowest BCUT2D eigenvalue weighted by atomic mass is 10.0. The molecule has 0 saturated heterocycles. The number of nitrogens with zero attached hydrogens (tertiary/aromatic N) is 3. The number of hydrogen-bond donors (Lipinski definition) is 0. The van der Waals surface area contributed by atoms with Gasteiger partial charge in [-0.05, 0) is 49.6 Å². The molecule has 0 bridgehead atoms. The SMILES string of the molecule is N#CC1=NC(c2cccc(-n3c4c(c5ccc6oc7ccccc7c6c53)C=CCC4)c2)=CCC1. The smallest absolute Gasteiger partial charge is 0.137 e. The largest absolute Gasteiger partial charge is 0.456 e. The summed E-state index contributed by atoms with van der Waals surface area (Å²) in [5.74, 6) is 0. The summed E-state index contributed by atoms with van der Waals surface area (Å²) in [7, 11) is 0. The van der Waals surface area contributed by atoms with Crippen molar-refractivity contribution in [1.29, 1.82) is 5.26 Å². The summed E-state index contributed by atoms with van der Waals surface area (Å²) in [6.45, 7) is 0. The van der Waals surface area contributed by atoms with E-state index in [4.69, 9.17) is 4.42 Å². The third-order valence-corrected chi connectivity index (χ3v) is 6.95. The van der Waals surface area contributed by atoms with Crippen molar-refractivity contribution in [2.45, 2.75) is 25.7 Å². The Hall–Kier alpha value is -4.36. The number of furan rings is 1.